The molecule has 2 fully saturated rings. The normalized spacial score (nSPS) is 21.0. The first-order valence-electron chi connectivity index (χ1n) is 14.9. The summed E-state index contributed by atoms with van der Waals surface area (Å²) in [6.07, 6.45) is 7.97. The molecule has 220 valence electrons. The SMILES string of the molecule is C=C1C[C@H]2CCc3cc(OCCCCCOc4cc5c(cc4C)C(=O)N4CC(=C)C[C@H]4C=N5)c(OC)cc3C(=O)N2C1. The van der Waals surface area contributed by atoms with Gasteiger partial charge in [-0.05, 0) is 81.2 Å². The highest BCUT2D eigenvalue weighted by atomic mass is 16.5. The molecular formula is C34H39N3O5. The molecule has 6 rings (SSSR count). The zero-order valence-corrected chi connectivity index (χ0v) is 24.6. The molecule has 4 aliphatic rings. The van der Waals surface area contributed by atoms with Crippen LogP contribution in [-0.2, 0) is 6.42 Å². The summed E-state index contributed by atoms with van der Waals surface area (Å²) in [5, 5.41) is 0. The van der Waals surface area contributed by atoms with E-state index in [2.05, 4.69) is 18.2 Å². The third kappa shape index (κ3) is 5.42. The third-order valence-corrected chi connectivity index (χ3v) is 8.75. The number of nitrogens with zero attached hydrogens (tertiary/aromatic N) is 3. The highest BCUT2D eigenvalue weighted by Crippen LogP contribution is 2.38. The van der Waals surface area contributed by atoms with Crippen LogP contribution in [0.1, 0.15) is 70.4 Å². The minimum Gasteiger partial charge on any atom is -0.493 e. The Morgan fingerprint density at radius 2 is 1.57 bits per heavy atom. The Kier molecular flexibility index (Phi) is 7.80. The van der Waals surface area contributed by atoms with Crippen LogP contribution in [0.4, 0.5) is 5.69 Å². The predicted molar refractivity (Wildman–Crippen MR) is 163 cm³/mol. The molecule has 0 spiro atoms. The number of carbonyl (C=O) groups is 2. The van der Waals surface area contributed by atoms with Crippen molar-refractivity contribution in [1.82, 2.24) is 9.80 Å². The summed E-state index contributed by atoms with van der Waals surface area (Å²) >= 11 is 0. The van der Waals surface area contributed by atoms with Crippen molar-refractivity contribution in [3.8, 4) is 17.2 Å². The highest BCUT2D eigenvalue weighted by Gasteiger charge is 2.36. The summed E-state index contributed by atoms with van der Waals surface area (Å²) in [7, 11) is 1.61. The molecule has 0 radical (unpaired) electrons. The van der Waals surface area contributed by atoms with Gasteiger partial charge in [0, 0.05) is 37.0 Å². The van der Waals surface area contributed by atoms with Crippen molar-refractivity contribution in [2.24, 2.45) is 4.99 Å². The van der Waals surface area contributed by atoms with E-state index in [1.165, 1.54) is 0 Å². The van der Waals surface area contributed by atoms with E-state index < -0.39 is 0 Å². The van der Waals surface area contributed by atoms with Gasteiger partial charge < -0.3 is 24.0 Å². The summed E-state index contributed by atoms with van der Waals surface area (Å²) in [4.78, 5) is 34.8. The Hall–Kier alpha value is -4.07. The zero-order valence-electron chi connectivity index (χ0n) is 24.6. The lowest BCUT2D eigenvalue weighted by Crippen LogP contribution is -2.35. The van der Waals surface area contributed by atoms with Gasteiger partial charge in [-0.2, -0.15) is 0 Å². The summed E-state index contributed by atoms with van der Waals surface area (Å²) in [5.41, 5.74) is 6.13. The highest BCUT2D eigenvalue weighted by molar-refractivity contribution is 6.03. The Labute approximate surface area is 247 Å². The Bertz CT molecular complexity index is 1480. The number of hydrogen-bond acceptors (Lipinski definition) is 6. The van der Waals surface area contributed by atoms with Gasteiger partial charge in [0.15, 0.2) is 11.5 Å². The number of methoxy groups -OCH3 is 1. The maximum absolute atomic E-state index is 13.2. The lowest BCUT2D eigenvalue weighted by molar-refractivity contribution is 0.0740. The molecule has 8 nitrogen and oxygen atoms in total. The van der Waals surface area contributed by atoms with Crippen molar-refractivity contribution < 1.29 is 23.8 Å². The largest absolute Gasteiger partial charge is 0.493 e. The van der Waals surface area contributed by atoms with Crippen molar-refractivity contribution in [3.05, 3.63) is 70.8 Å². The van der Waals surface area contributed by atoms with Crippen LogP contribution in [0.5, 0.6) is 17.2 Å². The number of fused-ring (bicyclic) bond motifs is 4. The standard InChI is InChI=1S/C34H39N3O5/c1-21-12-25-9-8-24-15-32(31(40-4)16-27(24)33(38)36(25)19-21)42-11-7-5-6-10-41-30-17-29-28(14-23(30)3)34(39)37-20-22(2)13-26(37)18-35-29/h14-18,25-26H,1-2,5-13,19-20H2,3-4H3/t25-,26+/m1/s1. The van der Waals surface area contributed by atoms with Gasteiger partial charge in [-0.25, -0.2) is 0 Å². The Morgan fingerprint density at radius 1 is 0.857 bits per heavy atom. The van der Waals surface area contributed by atoms with Crippen LogP contribution in [0.3, 0.4) is 0 Å². The van der Waals surface area contributed by atoms with Crippen LogP contribution >= 0.6 is 0 Å². The van der Waals surface area contributed by atoms with E-state index >= 15 is 0 Å². The molecule has 2 aromatic rings. The second kappa shape index (κ2) is 11.7. The first-order chi connectivity index (χ1) is 20.3. The van der Waals surface area contributed by atoms with Gasteiger partial charge in [0.25, 0.3) is 11.8 Å². The molecule has 4 aliphatic heterocycles. The van der Waals surface area contributed by atoms with E-state index in [0.717, 1.165) is 73.0 Å². The smallest absolute Gasteiger partial charge is 0.256 e. The number of amides is 2. The molecule has 0 aromatic heterocycles. The molecule has 0 N–H and O–H groups in total. The lowest BCUT2D eigenvalue weighted by atomic mass is 10.00. The summed E-state index contributed by atoms with van der Waals surface area (Å²) in [6, 6.07) is 7.82. The first-order valence-corrected chi connectivity index (χ1v) is 14.9. The van der Waals surface area contributed by atoms with E-state index in [0.29, 0.717) is 54.6 Å². The average Bonchev–Trinajstić information content (AvgIpc) is 3.48. The van der Waals surface area contributed by atoms with E-state index in [9.17, 15) is 9.59 Å². The first kappa shape index (κ1) is 28.1. The lowest BCUT2D eigenvalue weighted by Gasteiger charge is -2.21. The van der Waals surface area contributed by atoms with Crippen LogP contribution in [-0.4, -0.2) is 73.3 Å². The molecule has 2 saturated heterocycles. The molecular weight excluding hydrogens is 530 g/mol. The number of ether oxygens (including phenoxy) is 3. The van der Waals surface area contributed by atoms with Gasteiger partial charge >= 0.3 is 0 Å². The monoisotopic (exact) mass is 569 g/mol. The second-order valence-electron chi connectivity index (χ2n) is 11.9. The molecule has 0 saturated carbocycles. The van der Waals surface area contributed by atoms with Crippen LogP contribution < -0.4 is 14.2 Å². The van der Waals surface area contributed by atoms with E-state index in [-0.39, 0.29) is 23.9 Å². The number of aliphatic imine (C=N–C) groups is 1. The number of unbranched alkanes of at least 4 members (excludes halogenated alkanes) is 2. The molecule has 2 atom stereocenters. The molecule has 0 bridgehead atoms. The van der Waals surface area contributed by atoms with Gasteiger partial charge in [0.2, 0.25) is 0 Å². The minimum absolute atomic E-state index is 0.00475. The number of hydrogen-bond donors (Lipinski definition) is 0. The number of rotatable bonds is 9. The van der Waals surface area contributed by atoms with Crippen molar-refractivity contribution in [2.45, 2.75) is 64.0 Å². The maximum Gasteiger partial charge on any atom is 0.256 e. The fourth-order valence-corrected chi connectivity index (χ4v) is 6.49. The summed E-state index contributed by atoms with van der Waals surface area (Å²) in [6.45, 7) is 12.5. The molecule has 8 heteroatoms. The predicted octanol–water partition coefficient (Wildman–Crippen LogP) is 5.84. The van der Waals surface area contributed by atoms with Crippen molar-refractivity contribution >= 4 is 23.7 Å². The van der Waals surface area contributed by atoms with Crippen LogP contribution in [0, 0.1) is 6.92 Å². The van der Waals surface area contributed by atoms with Crippen LogP contribution in [0.15, 0.2) is 53.6 Å². The summed E-state index contributed by atoms with van der Waals surface area (Å²) < 4.78 is 17.8. The Balaban J connectivity index is 0.999. The van der Waals surface area contributed by atoms with Gasteiger partial charge in [0.05, 0.1) is 37.6 Å². The summed E-state index contributed by atoms with van der Waals surface area (Å²) in [5.74, 6) is 2.10. The molecule has 2 amide bonds. The van der Waals surface area contributed by atoms with Crippen molar-refractivity contribution in [2.75, 3.05) is 33.4 Å². The van der Waals surface area contributed by atoms with Crippen molar-refractivity contribution in [3.63, 3.8) is 0 Å². The number of benzene rings is 2. The molecule has 0 unspecified atom stereocenters. The topological polar surface area (TPSA) is 80.7 Å². The second-order valence-corrected chi connectivity index (χ2v) is 11.9. The third-order valence-electron chi connectivity index (χ3n) is 8.75. The quantitative estimate of drug-likeness (QED) is 0.280. The minimum atomic E-state index is -0.0175. The molecule has 42 heavy (non-hydrogen) atoms. The van der Waals surface area contributed by atoms with E-state index in [1.807, 2.05) is 47.2 Å². The average molecular weight is 570 g/mol. The fraction of sp³-hybridized carbons (Fsp3) is 0.441. The Morgan fingerprint density at radius 3 is 2.36 bits per heavy atom. The van der Waals surface area contributed by atoms with Crippen LogP contribution in [0.2, 0.25) is 0 Å². The van der Waals surface area contributed by atoms with E-state index in [1.54, 1.807) is 7.11 Å². The molecule has 2 aromatic carbocycles. The molecule has 0 aliphatic carbocycles. The molecule has 4 heterocycles. The van der Waals surface area contributed by atoms with Crippen LogP contribution in [0.25, 0.3) is 0 Å². The van der Waals surface area contributed by atoms with Gasteiger partial charge in [-0.15, -0.1) is 0 Å². The van der Waals surface area contributed by atoms with E-state index in [4.69, 9.17) is 14.2 Å². The van der Waals surface area contributed by atoms with Gasteiger partial charge in [-0.3, -0.25) is 14.6 Å². The number of aryl methyl sites for hydroxylation is 2. The van der Waals surface area contributed by atoms with Crippen molar-refractivity contribution in [1.29, 1.82) is 0 Å². The van der Waals surface area contributed by atoms with Gasteiger partial charge in [-0.1, -0.05) is 24.3 Å². The maximum atomic E-state index is 13.2. The fourth-order valence-electron chi connectivity index (χ4n) is 6.49. The number of carbonyl (C=O) groups excluding carboxylic acids is 2. The zero-order chi connectivity index (χ0) is 29.4. The van der Waals surface area contributed by atoms with Gasteiger partial charge in [0.1, 0.15) is 5.75 Å².